The second-order valence-corrected chi connectivity index (χ2v) is 7.24. The molecule has 0 saturated heterocycles. The maximum absolute atomic E-state index is 14.0. The molecule has 1 aliphatic rings. The Labute approximate surface area is 189 Å². The molecule has 0 saturated carbocycles. The Morgan fingerprint density at radius 2 is 1.81 bits per heavy atom. The summed E-state index contributed by atoms with van der Waals surface area (Å²) in [7, 11) is 0. The van der Waals surface area contributed by atoms with Crippen molar-refractivity contribution in [2.45, 2.75) is 13.5 Å². The first-order valence-corrected chi connectivity index (χ1v) is 10.3. The zero-order valence-corrected chi connectivity index (χ0v) is 17.9. The van der Waals surface area contributed by atoms with Crippen LogP contribution in [0.4, 0.5) is 4.39 Å². The molecule has 0 unspecified atom stereocenters. The van der Waals surface area contributed by atoms with Crippen LogP contribution < -0.4 is 9.47 Å². The molecule has 4 rings (SSSR count). The lowest BCUT2D eigenvalue weighted by molar-refractivity contribution is -0.129. The predicted octanol–water partition coefficient (Wildman–Crippen LogP) is 5.80. The standard InChI is InChI=1S/C25H19ClFNO4/c1-2-30-23-14-16(11-12-22(23)31-15-17-7-3-5-9-19(17)26)13-21-25(29)32-24(28-21)18-8-4-6-10-20(18)27/h3-14H,2,15H2,1H3. The highest BCUT2D eigenvalue weighted by Gasteiger charge is 2.26. The van der Waals surface area contributed by atoms with Crippen LogP contribution in [0.1, 0.15) is 23.6 Å². The molecule has 32 heavy (non-hydrogen) atoms. The van der Waals surface area contributed by atoms with Crippen LogP contribution >= 0.6 is 11.6 Å². The van der Waals surface area contributed by atoms with Gasteiger partial charge in [-0.05, 0) is 48.9 Å². The summed E-state index contributed by atoms with van der Waals surface area (Å²) in [5.74, 6) is -0.180. The summed E-state index contributed by atoms with van der Waals surface area (Å²) in [5, 5.41) is 0.620. The lowest BCUT2D eigenvalue weighted by Crippen LogP contribution is -2.07. The molecule has 0 spiro atoms. The zero-order valence-electron chi connectivity index (χ0n) is 17.2. The summed E-state index contributed by atoms with van der Waals surface area (Å²) in [6.45, 7) is 2.57. The van der Waals surface area contributed by atoms with Crippen molar-refractivity contribution in [3.63, 3.8) is 0 Å². The van der Waals surface area contributed by atoms with Gasteiger partial charge in [-0.25, -0.2) is 14.2 Å². The lowest BCUT2D eigenvalue weighted by atomic mass is 10.1. The van der Waals surface area contributed by atoms with Crippen molar-refractivity contribution in [3.8, 4) is 11.5 Å². The monoisotopic (exact) mass is 451 g/mol. The van der Waals surface area contributed by atoms with Gasteiger partial charge in [-0.2, -0.15) is 0 Å². The molecule has 3 aromatic rings. The molecular formula is C25H19ClFNO4. The Morgan fingerprint density at radius 1 is 1.03 bits per heavy atom. The molecule has 0 amide bonds. The van der Waals surface area contributed by atoms with E-state index in [-0.39, 0.29) is 23.8 Å². The molecule has 0 bridgehead atoms. The summed E-state index contributed by atoms with van der Waals surface area (Å²) in [6.07, 6.45) is 1.55. The number of rotatable bonds is 7. The molecule has 1 aliphatic heterocycles. The van der Waals surface area contributed by atoms with Crippen molar-refractivity contribution in [1.29, 1.82) is 0 Å². The predicted molar refractivity (Wildman–Crippen MR) is 120 cm³/mol. The molecule has 3 aromatic carbocycles. The van der Waals surface area contributed by atoms with E-state index < -0.39 is 11.8 Å². The van der Waals surface area contributed by atoms with Gasteiger partial charge in [0.05, 0.1) is 12.2 Å². The molecule has 0 aliphatic carbocycles. The average Bonchev–Trinajstić information content (AvgIpc) is 3.14. The molecule has 5 nitrogen and oxygen atoms in total. The third kappa shape index (κ3) is 4.81. The fourth-order valence-electron chi connectivity index (χ4n) is 3.09. The highest BCUT2D eigenvalue weighted by Crippen LogP contribution is 2.31. The first-order chi connectivity index (χ1) is 15.5. The number of esters is 1. The number of halogens is 2. The number of ether oxygens (including phenoxy) is 3. The third-order valence-electron chi connectivity index (χ3n) is 4.64. The SMILES string of the molecule is CCOc1cc(C=C2N=C(c3ccccc3F)OC2=O)ccc1OCc1ccccc1Cl. The molecule has 0 radical (unpaired) electrons. The van der Waals surface area contributed by atoms with Crippen molar-refractivity contribution in [3.05, 3.63) is 100.0 Å². The van der Waals surface area contributed by atoms with Crippen LogP contribution in [0.15, 0.2) is 77.4 Å². The average molecular weight is 452 g/mol. The topological polar surface area (TPSA) is 57.1 Å². The molecule has 0 fully saturated rings. The van der Waals surface area contributed by atoms with E-state index in [0.29, 0.717) is 28.7 Å². The van der Waals surface area contributed by atoms with E-state index in [9.17, 15) is 9.18 Å². The van der Waals surface area contributed by atoms with Crippen LogP contribution in [0, 0.1) is 5.82 Å². The quantitative estimate of drug-likeness (QED) is 0.336. The molecular weight excluding hydrogens is 433 g/mol. The van der Waals surface area contributed by atoms with Crippen LogP contribution in [0.2, 0.25) is 5.02 Å². The van der Waals surface area contributed by atoms with Gasteiger partial charge in [0.1, 0.15) is 12.4 Å². The van der Waals surface area contributed by atoms with Gasteiger partial charge in [0, 0.05) is 10.6 Å². The summed E-state index contributed by atoms with van der Waals surface area (Å²) in [6, 6.07) is 18.7. The number of nitrogens with zero attached hydrogens (tertiary/aromatic N) is 1. The minimum Gasteiger partial charge on any atom is -0.490 e. The number of benzene rings is 3. The largest absolute Gasteiger partial charge is 0.490 e. The summed E-state index contributed by atoms with van der Waals surface area (Å²) in [4.78, 5) is 16.4. The van der Waals surface area contributed by atoms with Gasteiger partial charge in [0.2, 0.25) is 5.90 Å². The van der Waals surface area contributed by atoms with Gasteiger partial charge in [-0.3, -0.25) is 0 Å². The highest BCUT2D eigenvalue weighted by atomic mass is 35.5. The van der Waals surface area contributed by atoms with Gasteiger partial charge in [-0.15, -0.1) is 0 Å². The van der Waals surface area contributed by atoms with Crippen molar-refractivity contribution in [2.24, 2.45) is 4.99 Å². The third-order valence-corrected chi connectivity index (χ3v) is 5.01. The van der Waals surface area contributed by atoms with E-state index in [1.165, 1.54) is 12.1 Å². The minimum atomic E-state index is -0.653. The summed E-state index contributed by atoms with van der Waals surface area (Å²) in [5.41, 5.74) is 1.70. The van der Waals surface area contributed by atoms with Gasteiger partial charge in [-0.1, -0.05) is 48.0 Å². The van der Waals surface area contributed by atoms with Crippen molar-refractivity contribution >= 4 is 29.5 Å². The fraction of sp³-hybridized carbons (Fsp3) is 0.120. The van der Waals surface area contributed by atoms with Crippen molar-refractivity contribution in [1.82, 2.24) is 0 Å². The first kappa shape index (κ1) is 21.6. The van der Waals surface area contributed by atoms with Gasteiger partial charge >= 0.3 is 5.97 Å². The molecule has 0 atom stereocenters. The van der Waals surface area contributed by atoms with Crippen molar-refractivity contribution in [2.75, 3.05) is 6.61 Å². The molecule has 0 N–H and O–H groups in total. The van der Waals surface area contributed by atoms with Crippen LogP contribution in [0.25, 0.3) is 6.08 Å². The molecule has 162 valence electrons. The fourth-order valence-corrected chi connectivity index (χ4v) is 3.28. The Balaban J connectivity index is 1.58. The van der Waals surface area contributed by atoms with E-state index in [1.54, 1.807) is 42.5 Å². The Morgan fingerprint density at radius 3 is 2.59 bits per heavy atom. The van der Waals surface area contributed by atoms with Crippen LogP contribution in [0.5, 0.6) is 11.5 Å². The highest BCUT2D eigenvalue weighted by molar-refractivity contribution is 6.31. The molecule has 1 heterocycles. The second kappa shape index (κ2) is 9.66. The number of hydrogen-bond donors (Lipinski definition) is 0. The van der Waals surface area contributed by atoms with Crippen LogP contribution in [-0.4, -0.2) is 18.5 Å². The number of hydrogen-bond acceptors (Lipinski definition) is 5. The number of carbonyl (C=O) groups excluding carboxylic acids is 1. The van der Waals surface area contributed by atoms with Gasteiger partial charge in [0.15, 0.2) is 17.2 Å². The Hall–Kier alpha value is -3.64. The number of cyclic esters (lactones) is 1. The minimum absolute atomic E-state index is 0.0652. The maximum atomic E-state index is 14.0. The Kier molecular flexibility index (Phi) is 6.52. The molecule has 7 heteroatoms. The van der Waals surface area contributed by atoms with E-state index >= 15 is 0 Å². The van der Waals surface area contributed by atoms with Crippen molar-refractivity contribution < 1.29 is 23.4 Å². The van der Waals surface area contributed by atoms with Crippen LogP contribution in [-0.2, 0) is 16.1 Å². The van der Waals surface area contributed by atoms with E-state index in [1.807, 2.05) is 25.1 Å². The second-order valence-electron chi connectivity index (χ2n) is 6.84. The number of aliphatic imine (C=N–C) groups is 1. The molecule has 0 aromatic heterocycles. The Bertz CT molecular complexity index is 1220. The van der Waals surface area contributed by atoms with E-state index in [2.05, 4.69) is 4.99 Å². The first-order valence-electron chi connectivity index (χ1n) is 9.95. The van der Waals surface area contributed by atoms with Gasteiger partial charge < -0.3 is 14.2 Å². The zero-order chi connectivity index (χ0) is 22.5. The van der Waals surface area contributed by atoms with E-state index in [4.69, 9.17) is 25.8 Å². The smallest absolute Gasteiger partial charge is 0.363 e. The normalized spacial score (nSPS) is 14.3. The summed E-state index contributed by atoms with van der Waals surface area (Å²) < 4.78 is 30.7. The van der Waals surface area contributed by atoms with Gasteiger partial charge in [0.25, 0.3) is 0 Å². The summed E-state index contributed by atoms with van der Waals surface area (Å²) >= 11 is 6.19. The number of carbonyl (C=O) groups is 1. The lowest BCUT2D eigenvalue weighted by Gasteiger charge is -2.13. The van der Waals surface area contributed by atoms with Crippen LogP contribution in [0.3, 0.4) is 0 Å². The maximum Gasteiger partial charge on any atom is 0.363 e. The van der Waals surface area contributed by atoms with E-state index in [0.717, 1.165) is 5.56 Å².